The van der Waals surface area contributed by atoms with Gasteiger partial charge in [0.15, 0.2) is 0 Å². The maximum atomic E-state index is 5.48. The maximum absolute atomic E-state index is 5.48. The first kappa shape index (κ1) is 12.9. The Morgan fingerprint density at radius 1 is 1.40 bits per heavy atom. The zero-order chi connectivity index (χ0) is 13.8. The fourth-order valence-corrected chi connectivity index (χ4v) is 2.45. The molecule has 3 heterocycles. The first-order valence-corrected chi connectivity index (χ1v) is 7.18. The van der Waals surface area contributed by atoms with Crippen molar-refractivity contribution in [1.29, 1.82) is 0 Å². The van der Waals surface area contributed by atoms with Crippen molar-refractivity contribution in [2.24, 2.45) is 5.73 Å². The number of rotatable bonds is 6. The monoisotopic (exact) mass is 290 g/mol. The molecule has 0 bridgehead atoms. The van der Waals surface area contributed by atoms with E-state index >= 15 is 0 Å². The van der Waals surface area contributed by atoms with Crippen molar-refractivity contribution in [1.82, 2.24) is 25.1 Å². The average molecular weight is 290 g/mol. The third kappa shape index (κ3) is 2.91. The van der Waals surface area contributed by atoms with Gasteiger partial charge in [-0.15, -0.1) is 16.4 Å². The van der Waals surface area contributed by atoms with Gasteiger partial charge in [-0.25, -0.2) is 0 Å². The number of hydrogen-bond acceptors (Lipinski definition) is 7. The van der Waals surface area contributed by atoms with Gasteiger partial charge in [-0.2, -0.15) is 4.98 Å². The second-order valence-electron chi connectivity index (χ2n) is 4.27. The summed E-state index contributed by atoms with van der Waals surface area (Å²) in [5, 5.41) is 13.9. The number of hydrogen-bond donors (Lipinski definition) is 1. The van der Waals surface area contributed by atoms with E-state index in [1.165, 1.54) is 0 Å². The molecule has 0 unspecified atom stereocenters. The van der Waals surface area contributed by atoms with Gasteiger partial charge in [0, 0.05) is 25.7 Å². The van der Waals surface area contributed by atoms with Gasteiger partial charge in [-0.3, -0.25) is 4.68 Å². The lowest BCUT2D eigenvalue weighted by Gasteiger charge is -1.96. The van der Waals surface area contributed by atoms with Gasteiger partial charge in [0.25, 0.3) is 0 Å². The largest absolute Gasteiger partial charge is 0.339 e. The summed E-state index contributed by atoms with van der Waals surface area (Å²) in [6, 6.07) is 3.94. The molecule has 0 atom stereocenters. The second-order valence-corrected chi connectivity index (χ2v) is 5.22. The Balaban J connectivity index is 1.54. The fraction of sp³-hybridized carbons (Fsp3) is 0.333. The average Bonchev–Trinajstić information content (AvgIpc) is 3.20. The number of aromatic nitrogens is 5. The molecule has 0 aromatic carbocycles. The Kier molecular flexibility index (Phi) is 3.84. The molecule has 0 aliphatic rings. The SMILES string of the molecule is NCc1cn(CCCc2nc(-c3cccs3)no2)nn1. The van der Waals surface area contributed by atoms with E-state index in [0.717, 1.165) is 30.0 Å². The minimum absolute atomic E-state index is 0.411. The quantitative estimate of drug-likeness (QED) is 0.738. The van der Waals surface area contributed by atoms with E-state index in [2.05, 4.69) is 20.5 Å². The van der Waals surface area contributed by atoms with E-state index in [1.54, 1.807) is 16.0 Å². The third-order valence-corrected chi connectivity index (χ3v) is 3.65. The zero-order valence-corrected chi connectivity index (χ0v) is 11.6. The van der Waals surface area contributed by atoms with Crippen LogP contribution in [-0.2, 0) is 19.5 Å². The highest BCUT2D eigenvalue weighted by atomic mass is 32.1. The van der Waals surface area contributed by atoms with Gasteiger partial charge in [0.05, 0.1) is 10.6 Å². The standard InChI is InChI=1S/C12H14N6OS/c13-7-9-8-18(17-15-9)5-1-4-11-14-12(16-19-11)10-3-2-6-20-10/h2-3,6,8H,1,4-5,7,13H2. The Morgan fingerprint density at radius 3 is 3.10 bits per heavy atom. The van der Waals surface area contributed by atoms with Crippen LogP contribution in [0.3, 0.4) is 0 Å². The fourth-order valence-electron chi connectivity index (χ4n) is 1.80. The highest BCUT2D eigenvalue weighted by Gasteiger charge is 2.09. The predicted octanol–water partition coefficient (Wildman–Crippen LogP) is 1.48. The molecule has 0 aliphatic carbocycles. The molecule has 0 radical (unpaired) electrons. The lowest BCUT2D eigenvalue weighted by atomic mass is 10.3. The van der Waals surface area contributed by atoms with E-state index in [9.17, 15) is 0 Å². The van der Waals surface area contributed by atoms with Crippen molar-refractivity contribution in [2.45, 2.75) is 25.9 Å². The number of aryl methyl sites for hydroxylation is 2. The Morgan fingerprint density at radius 2 is 2.35 bits per heavy atom. The summed E-state index contributed by atoms with van der Waals surface area (Å²) in [6.45, 7) is 1.16. The van der Waals surface area contributed by atoms with Crippen LogP contribution in [0, 0.1) is 0 Å². The van der Waals surface area contributed by atoms with Crippen LogP contribution >= 0.6 is 11.3 Å². The van der Waals surface area contributed by atoms with Crippen molar-refractivity contribution in [3.63, 3.8) is 0 Å². The van der Waals surface area contributed by atoms with Gasteiger partial charge in [-0.05, 0) is 17.9 Å². The number of nitrogens with zero attached hydrogens (tertiary/aromatic N) is 5. The number of nitrogens with two attached hydrogens (primary N) is 1. The third-order valence-electron chi connectivity index (χ3n) is 2.78. The maximum Gasteiger partial charge on any atom is 0.227 e. The second kappa shape index (κ2) is 5.93. The summed E-state index contributed by atoms with van der Waals surface area (Å²) < 4.78 is 7.01. The molecular formula is C12H14N6OS. The van der Waals surface area contributed by atoms with E-state index in [0.29, 0.717) is 18.3 Å². The minimum atomic E-state index is 0.411. The van der Waals surface area contributed by atoms with Crippen LogP contribution in [0.4, 0.5) is 0 Å². The first-order chi connectivity index (χ1) is 9.85. The van der Waals surface area contributed by atoms with E-state index < -0.39 is 0 Å². The molecule has 3 rings (SSSR count). The number of thiophene rings is 1. The van der Waals surface area contributed by atoms with Gasteiger partial charge in [-0.1, -0.05) is 16.4 Å². The van der Waals surface area contributed by atoms with Crippen molar-refractivity contribution < 1.29 is 4.52 Å². The molecule has 2 N–H and O–H groups in total. The summed E-state index contributed by atoms with van der Waals surface area (Å²) in [5.41, 5.74) is 6.28. The lowest BCUT2D eigenvalue weighted by molar-refractivity contribution is 0.371. The Labute approximate surface area is 119 Å². The van der Waals surface area contributed by atoms with Crippen LogP contribution in [0.1, 0.15) is 18.0 Å². The Bertz CT molecular complexity index is 659. The summed E-state index contributed by atoms with van der Waals surface area (Å²) in [7, 11) is 0. The van der Waals surface area contributed by atoms with Crippen molar-refractivity contribution >= 4 is 11.3 Å². The molecular weight excluding hydrogens is 276 g/mol. The van der Waals surface area contributed by atoms with Crippen molar-refractivity contribution in [3.8, 4) is 10.7 Å². The van der Waals surface area contributed by atoms with Crippen molar-refractivity contribution in [3.05, 3.63) is 35.3 Å². The smallest absolute Gasteiger partial charge is 0.227 e. The molecule has 7 nitrogen and oxygen atoms in total. The van der Waals surface area contributed by atoms with E-state index in [4.69, 9.17) is 10.3 Å². The van der Waals surface area contributed by atoms with Gasteiger partial charge < -0.3 is 10.3 Å². The van der Waals surface area contributed by atoms with Crippen LogP contribution in [0.2, 0.25) is 0 Å². The van der Waals surface area contributed by atoms with Gasteiger partial charge >= 0.3 is 0 Å². The lowest BCUT2D eigenvalue weighted by Crippen LogP contribution is -2.00. The summed E-state index contributed by atoms with van der Waals surface area (Å²) in [4.78, 5) is 5.39. The van der Waals surface area contributed by atoms with Crippen LogP contribution in [-0.4, -0.2) is 25.1 Å². The molecule has 104 valence electrons. The summed E-state index contributed by atoms with van der Waals surface area (Å²) >= 11 is 1.60. The molecule has 3 aromatic rings. The van der Waals surface area contributed by atoms with Crippen LogP contribution in [0.25, 0.3) is 10.7 Å². The molecule has 0 fully saturated rings. The van der Waals surface area contributed by atoms with Crippen molar-refractivity contribution in [2.75, 3.05) is 0 Å². The molecule has 0 spiro atoms. The summed E-state index contributed by atoms with van der Waals surface area (Å²) in [6.07, 6.45) is 3.43. The van der Waals surface area contributed by atoms with Gasteiger partial charge in [0.2, 0.25) is 11.7 Å². The van der Waals surface area contributed by atoms with Crippen LogP contribution in [0.5, 0.6) is 0 Å². The molecule has 0 saturated carbocycles. The topological polar surface area (TPSA) is 95.7 Å². The minimum Gasteiger partial charge on any atom is -0.339 e. The molecule has 8 heteroatoms. The molecule has 0 aliphatic heterocycles. The molecule has 0 amide bonds. The normalized spacial score (nSPS) is 11.1. The highest BCUT2D eigenvalue weighted by molar-refractivity contribution is 7.13. The van der Waals surface area contributed by atoms with E-state index in [1.807, 2.05) is 23.7 Å². The summed E-state index contributed by atoms with van der Waals surface area (Å²) in [5.74, 6) is 1.30. The van der Waals surface area contributed by atoms with Crippen LogP contribution in [0.15, 0.2) is 28.2 Å². The highest BCUT2D eigenvalue weighted by Crippen LogP contribution is 2.21. The molecule has 20 heavy (non-hydrogen) atoms. The molecule has 3 aromatic heterocycles. The zero-order valence-electron chi connectivity index (χ0n) is 10.8. The molecule has 0 saturated heterocycles. The van der Waals surface area contributed by atoms with E-state index in [-0.39, 0.29) is 0 Å². The van der Waals surface area contributed by atoms with Crippen LogP contribution < -0.4 is 5.73 Å². The van der Waals surface area contributed by atoms with Gasteiger partial charge in [0.1, 0.15) is 0 Å². The predicted molar refractivity (Wildman–Crippen MR) is 73.8 cm³/mol. The first-order valence-electron chi connectivity index (χ1n) is 6.30. The Hall–Kier alpha value is -2.06.